The molecule has 1 amide bonds. The molecule has 0 radical (unpaired) electrons. The van der Waals surface area contributed by atoms with Gasteiger partial charge in [0.1, 0.15) is 5.58 Å². The molecule has 4 nitrogen and oxygen atoms in total. The van der Waals surface area contributed by atoms with Gasteiger partial charge in [-0.1, -0.05) is 24.3 Å². The van der Waals surface area contributed by atoms with Crippen LogP contribution in [0.25, 0.3) is 11.0 Å². The number of likely N-dealkylation sites (tertiary alicyclic amines) is 1. The van der Waals surface area contributed by atoms with Crippen LogP contribution in [0.1, 0.15) is 40.7 Å². The summed E-state index contributed by atoms with van der Waals surface area (Å²) in [6, 6.07) is 12.7. The lowest BCUT2D eigenvalue weighted by Gasteiger charge is -2.14. The molecule has 1 saturated heterocycles. The fraction of sp³-hybridized carbons (Fsp3) is 0.375. The average molecular weight is 377 g/mol. The number of carbonyl (C=O) groups excluding carboxylic acids is 1. The maximum Gasteiger partial charge on any atom is 0.224 e. The molecular formula is C24H28N2O2. The SMILES string of the molecule is Cc1cc2occ(CC(=O)NCc3ccc(CN4CCCC4)cc3)c2cc1C. The van der Waals surface area contributed by atoms with Crippen molar-refractivity contribution in [1.82, 2.24) is 10.2 Å². The number of hydrogen-bond donors (Lipinski definition) is 1. The number of rotatable bonds is 6. The summed E-state index contributed by atoms with van der Waals surface area (Å²) in [6.07, 6.45) is 4.67. The zero-order valence-electron chi connectivity index (χ0n) is 16.8. The summed E-state index contributed by atoms with van der Waals surface area (Å²) in [4.78, 5) is 14.9. The van der Waals surface area contributed by atoms with Crippen LogP contribution in [0.5, 0.6) is 0 Å². The van der Waals surface area contributed by atoms with Crippen molar-refractivity contribution in [2.75, 3.05) is 13.1 Å². The van der Waals surface area contributed by atoms with E-state index in [0.717, 1.165) is 28.6 Å². The van der Waals surface area contributed by atoms with E-state index in [0.29, 0.717) is 13.0 Å². The molecule has 1 N–H and O–H groups in total. The Kier molecular flexibility index (Phi) is 5.49. The summed E-state index contributed by atoms with van der Waals surface area (Å²) >= 11 is 0. The Labute approximate surface area is 166 Å². The zero-order chi connectivity index (χ0) is 19.5. The molecule has 0 unspecified atom stereocenters. The zero-order valence-corrected chi connectivity index (χ0v) is 16.8. The summed E-state index contributed by atoms with van der Waals surface area (Å²) in [5.74, 6) is 0.0158. The number of carbonyl (C=O) groups is 1. The Morgan fingerprint density at radius 1 is 1.04 bits per heavy atom. The summed E-state index contributed by atoms with van der Waals surface area (Å²) in [5.41, 5.74) is 6.67. The van der Waals surface area contributed by atoms with E-state index in [1.54, 1.807) is 6.26 Å². The van der Waals surface area contributed by atoms with Crippen LogP contribution in [0.15, 0.2) is 47.1 Å². The summed E-state index contributed by atoms with van der Waals surface area (Å²) in [5, 5.41) is 4.06. The van der Waals surface area contributed by atoms with Gasteiger partial charge in [0.2, 0.25) is 5.91 Å². The van der Waals surface area contributed by atoms with Gasteiger partial charge in [-0.3, -0.25) is 9.69 Å². The third-order valence-corrected chi connectivity index (χ3v) is 5.74. The van der Waals surface area contributed by atoms with Crippen molar-refractivity contribution in [3.63, 3.8) is 0 Å². The molecule has 0 atom stereocenters. The molecular weight excluding hydrogens is 348 g/mol. The first-order chi connectivity index (χ1) is 13.6. The Bertz CT molecular complexity index is 966. The Morgan fingerprint density at radius 3 is 2.46 bits per heavy atom. The largest absolute Gasteiger partial charge is 0.464 e. The van der Waals surface area contributed by atoms with Crippen LogP contribution in [0.2, 0.25) is 0 Å². The quantitative estimate of drug-likeness (QED) is 0.689. The van der Waals surface area contributed by atoms with E-state index < -0.39 is 0 Å². The summed E-state index contributed by atoms with van der Waals surface area (Å²) in [6.45, 7) is 8.15. The van der Waals surface area contributed by atoms with Gasteiger partial charge in [0, 0.05) is 24.0 Å². The molecule has 0 bridgehead atoms. The van der Waals surface area contributed by atoms with Gasteiger partial charge in [-0.25, -0.2) is 0 Å². The molecule has 1 aromatic heterocycles. The van der Waals surface area contributed by atoms with Crippen molar-refractivity contribution >= 4 is 16.9 Å². The van der Waals surface area contributed by atoms with E-state index in [9.17, 15) is 4.79 Å². The minimum absolute atomic E-state index is 0.0158. The van der Waals surface area contributed by atoms with Crippen LogP contribution in [-0.2, 0) is 24.3 Å². The normalized spacial score (nSPS) is 14.6. The van der Waals surface area contributed by atoms with E-state index in [4.69, 9.17) is 4.42 Å². The first-order valence-corrected chi connectivity index (χ1v) is 10.1. The number of fused-ring (bicyclic) bond motifs is 1. The number of amides is 1. The van der Waals surface area contributed by atoms with Crippen molar-refractivity contribution < 1.29 is 9.21 Å². The number of nitrogens with one attached hydrogen (secondary N) is 1. The molecule has 0 aliphatic carbocycles. The third-order valence-electron chi connectivity index (χ3n) is 5.74. The first-order valence-electron chi connectivity index (χ1n) is 10.1. The average Bonchev–Trinajstić information content (AvgIpc) is 3.32. The lowest BCUT2D eigenvalue weighted by atomic mass is 10.0. The molecule has 2 aromatic carbocycles. The summed E-state index contributed by atoms with van der Waals surface area (Å²) in [7, 11) is 0. The van der Waals surface area contributed by atoms with Crippen LogP contribution in [0.4, 0.5) is 0 Å². The van der Waals surface area contributed by atoms with Gasteiger partial charge >= 0.3 is 0 Å². The van der Waals surface area contributed by atoms with Gasteiger partial charge in [-0.2, -0.15) is 0 Å². The standard InChI is InChI=1S/C24H28N2O2/c1-17-11-22-21(16-28-23(22)12-18(17)2)13-24(27)25-14-19-5-7-20(8-6-19)15-26-9-3-4-10-26/h5-8,11-12,16H,3-4,9-10,13-15H2,1-2H3,(H,25,27). The van der Waals surface area contributed by atoms with E-state index in [1.165, 1.54) is 42.6 Å². The third kappa shape index (κ3) is 4.28. The van der Waals surface area contributed by atoms with E-state index in [-0.39, 0.29) is 5.91 Å². The van der Waals surface area contributed by atoms with Gasteiger partial charge in [-0.15, -0.1) is 0 Å². The van der Waals surface area contributed by atoms with Crippen molar-refractivity contribution in [1.29, 1.82) is 0 Å². The molecule has 1 aliphatic heterocycles. The van der Waals surface area contributed by atoms with Gasteiger partial charge in [-0.05, 0) is 74.2 Å². The molecule has 4 rings (SSSR count). The fourth-order valence-corrected chi connectivity index (χ4v) is 3.87. The van der Waals surface area contributed by atoms with Crippen molar-refractivity contribution in [3.8, 4) is 0 Å². The molecule has 4 heteroatoms. The van der Waals surface area contributed by atoms with E-state index >= 15 is 0 Å². The highest BCUT2D eigenvalue weighted by Gasteiger charge is 2.13. The predicted molar refractivity (Wildman–Crippen MR) is 112 cm³/mol. The molecule has 1 fully saturated rings. The minimum atomic E-state index is 0.0158. The van der Waals surface area contributed by atoms with Gasteiger partial charge in [0.25, 0.3) is 0 Å². The molecule has 0 spiro atoms. The molecule has 146 valence electrons. The highest BCUT2D eigenvalue weighted by atomic mass is 16.3. The van der Waals surface area contributed by atoms with E-state index in [2.05, 4.69) is 54.4 Å². The van der Waals surface area contributed by atoms with Crippen LogP contribution in [0.3, 0.4) is 0 Å². The smallest absolute Gasteiger partial charge is 0.224 e. The second-order valence-corrected chi connectivity index (χ2v) is 7.95. The highest BCUT2D eigenvalue weighted by Crippen LogP contribution is 2.25. The van der Waals surface area contributed by atoms with Crippen LogP contribution < -0.4 is 5.32 Å². The number of nitrogens with zero attached hydrogens (tertiary/aromatic N) is 1. The van der Waals surface area contributed by atoms with Crippen molar-refractivity contribution in [2.45, 2.75) is 46.2 Å². The van der Waals surface area contributed by atoms with Crippen LogP contribution in [-0.4, -0.2) is 23.9 Å². The molecule has 0 saturated carbocycles. The van der Waals surface area contributed by atoms with E-state index in [1.807, 2.05) is 6.07 Å². The van der Waals surface area contributed by atoms with Crippen molar-refractivity contribution in [3.05, 3.63) is 70.5 Å². The van der Waals surface area contributed by atoms with Gasteiger partial charge in [0.15, 0.2) is 0 Å². The second kappa shape index (κ2) is 8.19. The molecule has 3 aromatic rings. The number of furan rings is 1. The second-order valence-electron chi connectivity index (χ2n) is 7.95. The molecule has 1 aliphatic rings. The van der Waals surface area contributed by atoms with Crippen LogP contribution in [0, 0.1) is 13.8 Å². The maximum atomic E-state index is 12.4. The maximum absolute atomic E-state index is 12.4. The molecule has 28 heavy (non-hydrogen) atoms. The topological polar surface area (TPSA) is 45.5 Å². The minimum Gasteiger partial charge on any atom is -0.464 e. The Balaban J connectivity index is 1.32. The summed E-state index contributed by atoms with van der Waals surface area (Å²) < 4.78 is 5.63. The lowest BCUT2D eigenvalue weighted by molar-refractivity contribution is -0.120. The van der Waals surface area contributed by atoms with Crippen molar-refractivity contribution in [2.24, 2.45) is 0 Å². The molecule has 2 heterocycles. The van der Waals surface area contributed by atoms with Gasteiger partial charge < -0.3 is 9.73 Å². The Morgan fingerprint density at radius 2 is 1.71 bits per heavy atom. The lowest BCUT2D eigenvalue weighted by Crippen LogP contribution is -2.24. The predicted octanol–water partition coefficient (Wildman–Crippen LogP) is 4.50. The van der Waals surface area contributed by atoms with Gasteiger partial charge in [0.05, 0.1) is 12.7 Å². The fourth-order valence-electron chi connectivity index (χ4n) is 3.87. The monoisotopic (exact) mass is 376 g/mol. The van der Waals surface area contributed by atoms with Crippen LogP contribution >= 0.6 is 0 Å². The first kappa shape index (κ1) is 18.8. The number of hydrogen-bond acceptors (Lipinski definition) is 3. The Hall–Kier alpha value is -2.59. The highest BCUT2D eigenvalue weighted by molar-refractivity contribution is 5.88. The number of aryl methyl sites for hydroxylation is 2. The number of benzene rings is 2.